The zero-order valence-corrected chi connectivity index (χ0v) is 22.9. The fourth-order valence-electron chi connectivity index (χ4n) is 5.09. The molecule has 1 N–H and O–H groups in total. The Kier molecular flexibility index (Phi) is 8.87. The van der Waals surface area contributed by atoms with E-state index in [1.54, 1.807) is 0 Å². The van der Waals surface area contributed by atoms with E-state index in [2.05, 4.69) is 69.3 Å². The van der Waals surface area contributed by atoms with Crippen molar-refractivity contribution in [1.82, 2.24) is 0 Å². The predicted octanol–water partition coefficient (Wildman–Crippen LogP) is 5.92. The molecule has 0 heterocycles. The lowest BCUT2D eigenvalue weighted by Crippen LogP contribution is -2.67. The van der Waals surface area contributed by atoms with Gasteiger partial charge in [0, 0.05) is 11.8 Å². The van der Waals surface area contributed by atoms with Crippen molar-refractivity contribution < 1.29 is 14.3 Å². The van der Waals surface area contributed by atoms with Crippen LogP contribution in [0, 0.1) is 11.8 Å². The van der Waals surface area contributed by atoms with E-state index in [1.807, 2.05) is 63.2 Å². The maximum Gasteiger partial charge on any atom is 0.261 e. The van der Waals surface area contributed by atoms with Crippen LogP contribution in [0.15, 0.2) is 91.0 Å². The molecule has 0 aliphatic rings. The molecule has 3 aromatic rings. The van der Waals surface area contributed by atoms with Crippen LogP contribution in [0.25, 0.3) is 0 Å². The van der Waals surface area contributed by atoms with E-state index in [0.29, 0.717) is 6.42 Å². The van der Waals surface area contributed by atoms with Crippen LogP contribution in [0.5, 0.6) is 0 Å². The number of hydrogen-bond acceptors (Lipinski definition) is 3. The number of hydrogen-bond donors (Lipinski definition) is 1. The number of aliphatic hydroxyl groups is 1. The van der Waals surface area contributed by atoms with Gasteiger partial charge in [0.1, 0.15) is 5.78 Å². The van der Waals surface area contributed by atoms with E-state index < -0.39 is 32.4 Å². The van der Waals surface area contributed by atoms with Crippen LogP contribution in [-0.4, -0.2) is 25.3 Å². The highest BCUT2D eigenvalue weighted by atomic mass is 28.4. The van der Waals surface area contributed by atoms with Crippen molar-refractivity contribution in [2.45, 2.75) is 65.2 Å². The standard InChI is InChI=1S/C31H40O3Si/c1-7-28(32)23(2)29(33)24(3)30(25-17-11-8-12-18-25)34-35(31(4,5)6,26-19-13-9-14-20-26)27-21-15-10-16-22-27/h8-24,28,30,32H,7H2,1-6H3/t23-,24-,28+,30?/m1/s1. The van der Waals surface area contributed by atoms with E-state index >= 15 is 0 Å². The zero-order chi connectivity index (χ0) is 25.6. The van der Waals surface area contributed by atoms with Crippen LogP contribution in [-0.2, 0) is 9.22 Å². The second-order valence-electron chi connectivity index (χ2n) is 10.6. The number of carbonyl (C=O) groups is 1. The minimum atomic E-state index is -2.89. The van der Waals surface area contributed by atoms with Crippen molar-refractivity contribution in [3.05, 3.63) is 96.6 Å². The topological polar surface area (TPSA) is 46.5 Å². The van der Waals surface area contributed by atoms with Gasteiger partial charge in [-0.05, 0) is 27.4 Å². The highest BCUT2D eigenvalue weighted by molar-refractivity contribution is 6.99. The summed E-state index contributed by atoms with van der Waals surface area (Å²) in [6, 6.07) is 31.1. The molecule has 4 heteroatoms. The molecular formula is C31H40O3Si. The van der Waals surface area contributed by atoms with E-state index in [4.69, 9.17) is 4.43 Å². The molecule has 0 spiro atoms. The Labute approximate surface area is 212 Å². The Balaban J connectivity index is 2.22. The number of carbonyl (C=O) groups excluding carboxylic acids is 1. The molecule has 186 valence electrons. The molecule has 1 unspecified atom stereocenters. The smallest absolute Gasteiger partial charge is 0.261 e. The van der Waals surface area contributed by atoms with Gasteiger partial charge in [0.2, 0.25) is 0 Å². The van der Waals surface area contributed by atoms with Gasteiger partial charge in [-0.3, -0.25) is 4.79 Å². The van der Waals surface area contributed by atoms with Crippen molar-refractivity contribution in [1.29, 1.82) is 0 Å². The van der Waals surface area contributed by atoms with Crippen molar-refractivity contribution in [2.75, 3.05) is 0 Å². The lowest BCUT2D eigenvalue weighted by molar-refractivity contribution is -0.132. The average Bonchev–Trinajstić information content (AvgIpc) is 2.88. The minimum Gasteiger partial charge on any atom is -0.400 e. The molecule has 0 radical (unpaired) electrons. The van der Waals surface area contributed by atoms with Gasteiger partial charge in [0.15, 0.2) is 0 Å². The first-order valence-electron chi connectivity index (χ1n) is 12.7. The molecule has 0 amide bonds. The highest BCUT2D eigenvalue weighted by Crippen LogP contribution is 2.42. The van der Waals surface area contributed by atoms with Gasteiger partial charge >= 0.3 is 0 Å². The van der Waals surface area contributed by atoms with Crippen LogP contribution in [0.1, 0.15) is 59.6 Å². The van der Waals surface area contributed by atoms with Gasteiger partial charge in [0.05, 0.1) is 12.2 Å². The number of ketones is 1. The van der Waals surface area contributed by atoms with E-state index in [0.717, 1.165) is 5.56 Å². The Bertz CT molecular complexity index is 1020. The van der Waals surface area contributed by atoms with Gasteiger partial charge in [0.25, 0.3) is 8.32 Å². The molecule has 0 saturated heterocycles. The van der Waals surface area contributed by atoms with Crippen molar-refractivity contribution in [3.63, 3.8) is 0 Å². The first-order valence-corrected chi connectivity index (χ1v) is 14.6. The van der Waals surface area contributed by atoms with Gasteiger partial charge in [-0.2, -0.15) is 0 Å². The predicted molar refractivity (Wildman–Crippen MR) is 148 cm³/mol. The third kappa shape index (κ3) is 5.66. The van der Waals surface area contributed by atoms with Crippen molar-refractivity contribution in [2.24, 2.45) is 11.8 Å². The van der Waals surface area contributed by atoms with Crippen molar-refractivity contribution >= 4 is 24.5 Å². The number of aliphatic hydroxyl groups excluding tert-OH is 1. The van der Waals surface area contributed by atoms with Gasteiger partial charge < -0.3 is 9.53 Å². The largest absolute Gasteiger partial charge is 0.400 e. The van der Waals surface area contributed by atoms with E-state index in [1.165, 1.54) is 10.4 Å². The molecule has 3 aromatic carbocycles. The summed E-state index contributed by atoms with van der Waals surface area (Å²) in [4.78, 5) is 13.6. The van der Waals surface area contributed by atoms with Crippen LogP contribution in [0.3, 0.4) is 0 Å². The third-order valence-corrected chi connectivity index (χ3v) is 12.2. The quantitative estimate of drug-likeness (QED) is 0.361. The van der Waals surface area contributed by atoms with Crippen molar-refractivity contribution in [3.8, 4) is 0 Å². The minimum absolute atomic E-state index is 0.0335. The summed E-state index contributed by atoms with van der Waals surface area (Å²) >= 11 is 0. The van der Waals surface area contributed by atoms with Gasteiger partial charge in [-0.1, -0.05) is 133 Å². The fourth-order valence-corrected chi connectivity index (χ4v) is 9.83. The summed E-state index contributed by atoms with van der Waals surface area (Å²) in [6.45, 7) is 12.4. The molecule has 35 heavy (non-hydrogen) atoms. The molecule has 0 aliphatic heterocycles. The molecule has 0 aromatic heterocycles. The third-order valence-electron chi connectivity index (χ3n) is 7.20. The monoisotopic (exact) mass is 488 g/mol. The van der Waals surface area contributed by atoms with Gasteiger partial charge in [-0.15, -0.1) is 0 Å². The summed E-state index contributed by atoms with van der Waals surface area (Å²) in [7, 11) is -2.89. The Hall–Kier alpha value is -2.53. The molecular weight excluding hydrogens is 448 g/mol. The Morgan fingerprint density at radius 3 is 1.63 bits per heavy atom. The lowest BCUT2D eigenvalue weighted by atomic mass is 9.85. The normalized spacial score (nSPS) is 15.7. The Morgan fingerprint density at radius 2 is 1.23 bits per heavy atom. The maximum absolute atomic E-state index is 13.6. The van der Waals surface area contributed by atoms with E-state index in [9.17, 15) is 9.90 Å². The van der Waals surface area contributed by atoms with Gasteiger partial charge in [-0.25, -0.2) is 0 Å². The number of rotatable bonds is 10. The molecule has 0 fully saturated rings. The molecule has 0 saturated carbocycles. The second kappa shape index (κ2) is 11.5. The maximum atomic E-state index is 13.6. The van der Waals surface area contributed by atoms with Crippen LogP contribution in [0.2, 0.25) is 5.04 Å². The SMILES string of the molecule is CC[C@H](O)[C@@H](C)C(=O)[C@@H](C)C(O[Si](c1ccccc1)(c1ccccc1)C(C)(C)C)c1ccccc1. The summed E-state index contributed by atoms with van der Waals surface area (Å²) < 4.78 is 7.44. The molecule has 0 aliphatic carbocycles. The molecule has 4 atom stereocenters. The summed E-state index contributed by atoms with van der Waals surface area (Å²) in [5.74, 6) is -0.842. The average molecular weight is 489 g/mol. The number of benzene rings is 3. The second-order valence-corrected chi connectivity index (χ2v) is 14.8. The lowest BCUT2D eigenvalue weighted by Gasteiger charge is -2.46. The summed E-state index contributed by atoms with van der Waals surface area (Å²) in [5.41, 5.74) is 0.986. The number of Topliss-reactive ketones (excluding diaryl/α,β-unsaturated/α-hetero) is 1. The fraction of sp³-hybridized carbons (Fsp3) is 0.387. The first kappa shape index (κ1) is 27.1. The Morgan fingerprint density at radius 1 is 0.800 bits per heavy atom. The molecule has 3 rings (SSSR count). The molecule has 3 nitrogen and oxygen atoms in total. The highest BCUT2D eigenvalue weighted by Gasteiger charge is 2.52. The zero-order valence-electron chi connectivity index (χ0n) is 21.9. The van der Waals surface area contributed by atoms with E-state index in [-0.39, 0.29) is 10.8 Å². The first-order chi connectivity index (χ1) is 16.6. The van der Waals surface area contributed by atoms with Crippen LogP contribution >= 0.6 is 0 Å². The summed E-state index contributed by atoms with van der Waals surface area (Å²) in [5, 5.41) is 12.6. The summed E-state index contributed by atoms with van der Waals surface area (Å²) in [6.07, 6.45) is -0.554. The van der Waals surface area contributed by atoms with Crippen LogP contribution in [0.4, 0.5) is 0 Å². The molecule has 0 bridgehead atoms. The van der Waals surface area contributed by atoms with Crippen LogP contribution < -0.4 is 10.4 Å².